The van der Waals surface area contributed by atoms with Crippen LogP contribution in [0, 0.1) is 0 Å². The summed E-state index contributed by atoms with van der Waals surface area (Å²) in [5, 5.41) is 2.71. The predicted octanol–water partition coefficient (Wildman–Crippen LogP) is -0.386. The highest BCUT2D eigenvalue weighted by molar-refractivity contribution is 5.86. The molecule has 1 aliphatic heterocycles. The molecule has 3 nitrogen and oxygen atoms in total. The molecule has 1 saturated heterocycles. The minimum Gasteiger partial charge on any atom is -0.355 e. The molecule has 0 spiro atoms. The van der Waals surface area contributed by atoms with Crippen molar-refractivity contribution >= 4 is 5.91 Å². The number of nitrogens with one attached hydrogen (secondary N) is 1. The van der Waals surface area contributed by atoms with Gasteiger partial charge in [-0.15, -0.1) is 0 Å². The Morgan fingerprint density at radius 3 is 2.78 bits per heavy atom. The van der Waals surface area contributed by atoms with E-state index < -0.39 is 5.54 Å². The Labute approximate surface area is 54.6 Å². The maximum Gasteiger partial charge on any atom is 0.239 e. The van der Waals surface area contributed by atoms with Gasteiger partial charge in [0.2, 0.25) is 5.91 Å². The maximum atomic E-state index is 10.9. The first-order valence-corrected chi connectivity index (χ1v) is 3.20. The fourth-order valence-electron chi connectivity index (χ4n) is 0.973. The summed E-state index contributed by atoms with van der Waals surface area (Å²) in [5.74, 6) is -0.0197. The van der Waals surface area contributed by atoms with E-state index in [0.717, 1.165) is 19.4 Å². The topological polar surface area (TPSA) is 55.1 Å². The summed E-state index contributed by atoms with van der Waals surface area (Å²) >= 11 is 0. The van der Waals surface area contributed by atoms with Crippen molar-refractivity contribution < 1.29 is 4.79 Å². The normalized spacial score (nSPS) is 36.0. The molecule has 0 aliphatic carbocycles. The SMILES string of the molecule is C[C@@]1(N)CCCNC1=O. The Bertz CT molecular complexity index is 131. The molecule has 0 aromatic heterocycles. The average molecular weight is 128 g/mol. The van der Waals surface area contributed by atoms with Crippen molar-refractivity contribution in [1.29, 1.82) is 0 Å². The fourth-order valence-corrected chi connectivity index (χ4v) is 0.973. The van der Waals surface area contributed by atoms with Crippen molar-refractivity contribution in [1.82, 2.24) is 5.32 Å². The lowest BCUT2D eigenvalue weighted by molar-refractivity contribution is -0.127. The molecule has 0 aromatic rings. The lowest BCUT2D eigenvalue weighted by Crippen LogP contribution is -2.55. The zero-order valence-corrected chi connectivity index (χ0v) is 5.61. The first-order chi connectivity index (χ1) is 4.13. The van der Waals surface area contributed by atoms with Crippen molar-refractivity contribution in [2.75, 3.05) is 6.54 Å². The molecular formula is C6H12N2O. The second-order valence-electron chi connectivity index (χ2n) is 2.78. The Hall–Kier alpha value is -0.570. The average Bonchev–Trinajstić information content (AvgIpc) is 1.77. The second kappa shape index (κ2) is 1.99. The van der Waals surface area contributed by atoms with E-state index in [1.807, 2.05) is 0 Å². The minimum absolute atomic E-state index is 0.0197. The Balaban J connectivity index is 2.60. The molecule has 1 amide bonds. The van der Waals surface area contributed by atoms with Crippen LogP contribution in [0.4, 0.5) is 0 Å². The van der Waals surface area contributed by atoms with E-state index in [1.54, 1.807) is 6.92 Å². The number of nitrogens with two attached hydrogens (primary N) is 1. The summed E-state index contributed by atoms with van der Waals surface area (Å²) in [6.07, 6.45) is 1.80. The van der Waals surface area contributed by atoms with Crippen molar-refractivity contribution in [2.45, 2.75) is 25.3 Å². The molecule has 3 heteroatoms. The van der Waals surface area contributed by atoms with E-state index in [9.17, 15) is 4.79 Å². The van der Waals surface area contributed by atoms with Crippen LogP contribution in [0.3, 0.4) is 0 Å². The van der Waals surface area contributed by atoms with Gasteiger partial charge in [0.05, 0.1) is 5.54 Å². The van der Waals surface area contributed by atoms with Crippen molar-refractivity contribution in [2.24, 2.45) is 5.73 Å². The van der Waals surface area contributed by atoms with Gasteiger partial charge in [0.1, 0.15) is 0 Å². The first-order valence-electron chi connectivity index (χ1n) is 3.20. The standard InChI is InChI=1S/C6H12N2O/c1-6(7)3-2-4-8-5(6)9/h2-4,7H2,1H3,(H,8,9)/t6-/m1/s1. The molecule has 1 heterocycles. The van der Waals surface area contributed by atoms with Crippen molar-refractivity contribution in [3.05, 3.63) is 0 Å². The van der Waals surface area contributed by atoms with Crippen molar-refractivity contribution in [3.8, 4) is 0 Å². The molecule has 0 radical (unpaired) electrons. The molecule has 0 unspecified atom stereocenters. The zero-order valence-electron chi connectivity index (χ0n) is 5.61. The quantitative estimate of drug-likeness (QED) is 0.467. The van der Waals surface area contributed by atoms with Gasteiger partial charge in [-0.25, -0.2) is 0 Å². The van der Waals surface area contributed by atoms with Crippen molar-refractivity contribution in [3.63, 3.8) is 0 Å². The van der Waals surface area contributed by atoms with Gasteiger partial charge < -0.3 is 11.1 Å². The van der Waals surface area contributed by atoms with Crippen LogP contribution >= 0.6 is 0 Å². The Morgan fingerprint density at radius 1 is 1.78 bits per heavy atom. The van der Waals surface area contributed by atoms with E-state index >= 15 is 0 Å². The van der Waals surface area contributed by atoms with E-state index in [-0.39, 0.29) is 5.91 Å². The highest BCUT2D eigenvalue weighted by atomic mass is 16.2. The van der Waals surface area contributed by atoms with Crippen LogP contribution in [0.2, 0.25) is 0 Å². The third-order valence-corrected chi connectivity index (χ3v) is 1.68. The minimum atomic E-state index is -0.613. The Morgan fingerprint density at radius 2 is 2.44 bits per heavy atom. The number of carbonyl (C=O) groups is 1. The highest BCUT2D eigenvalue weighted by Crippen LogP contribution is 2.11. The summed E-state index contributed by atoms with van der Waals surface area (Å²) in [7, 11) is 0. The van der Waals surface area contributed by atoms with E-state index in [2.05, 4.69) is 5.32 Å². The summed E-state index contributed by atoms with van der Waals surface area (Å²) in [6.45, 7) is 2.55. The van der Waals surface area contributed by atoms with Gasteiger partial charge in [-0.3, -0.25) is 4.79 Å². The van der Waals surface area contributed by atoms with Gasteiger partial charge in [-0.2, -0.15) is 0 Å². The first kappa shape index (κ1) is 6.55. The number of hydrogen-bond donors (Lipinski definition) is 2. The fraction of sp³-hybridized carbons (Fsp3) is 0.833. The van der Waals surface area contributed by atoms with E-state index in [0.29, 0.717) is 0 Å². The lowest BCUT2D eigenvalue weighted by Gasteiger charge is -2.27. The molecule has 3 N–H and O–H groups in total. The molecule has 9 heavy (non-hydrogen) atoms. The van der Waals surface area contributed by atoms with Gasteiger partial charge in [0.25, 0.3) is 0 Å². The van der Waals surface area contributed by atoms with Crippen LogP contribution in [-0.2, 0) is 4.79 Å². The van der Waals surface area contributed by atoms with E-state index in [1.165, 1.54) is 0 Å². The summed E-state index contributed by atoms with van der Waals surface area (Å²) in [5.41, 5.74) is 5.00. The second-order valence-corrected chi connectivity index (χ2v) is 2.78. The summed E-state index contributed by atoms with van der Waals surface area (Å²) in [6, 6.07) is 0. The molecule has 1 rings (SSSR count). The number of hydrogen-bond acceptors (Lipinski definition) is 2. The smallest absolute Gasteiger partial charge is 0.239 e. The number of carbonyl (C=O) groups excluding carboxylic acids is 1. The molecule has 52 valence electrons. The lowest BCUT2D eigenvalue weighted by atomic mass is 9.93. The van der Waals surface area contributed by atoms with Gasteiger partial charge in [0, 0.05) is 6.54 Å². The monoisotopic (exact) mass is 128 g/mol. The third-order valence-electron chi connectivity index (χ3n) is 1.68. The van der Waals surface area contributed by atoms with Crippen LogP contribution in [0.15, 0.2) is 0 Å². The van der Waals surface area contributed by atoms with Gasteiger partial charge >= 0.3 is 0 Å². The molecule has 1 fully saturated rings. The number of piperidine rings is 1. The Kier molecular flexibility index (Phi) is 1.45. The highest BCUT2D eigenvalue weighted by Gasteiger charge is 2.30. The van der Waals surface area contributed by atoms with E-state index in [4.69, 9.17) is 5.73 Å². The van der Waals surface area contributed by atoms with Gasteiger partial charge in [0.15, 0.2) is 0 Å². The molecular weight excluding hydrogens is 116 g/mol. The summed E-state index contributed by atoms with van der Waals surface area (Å²) < 4.78 is 0. The largest absolute Gasteiger partial charge is 0.355 e. The summed E-state index contributed by atoms with van der Waals surface area (Å²) in [4.78, 5) is 10.9. The van der Waals surface area contributed by atoms with Gasteiger partial charge in [-0.05, 0) is 19.8 Å². The molecule has 0 aromatic carbocycles. The number of amides is 1. The third kappa shape index (κ3) is 1.21. The molecule has 0 saturated carbocycles. The molecule has 0 bridgehead atoms. The van der Waals surface area contributed by atoms with Crippen LogP contribution < -0.4 is 11.1 Å². The molecule has 1 aliphatic rings. The van der Waals surface area contributed by atoms with Crippen LogP contribution in [0.5, 0.6) is 0 Å². The zero-order chi connectivity index (χ0) is 6.91. The number of rotatable bonds is 0. The van der Waals surface area contributed by atoms with Crippen LogP contribution in [-0.4, -0.2) is 18.0 Å². The predicted molar refractivity (Wildman–Crippen MR) is 34.8 cm³/mol. The van der Waals surface area contributed by atoms with Crippen LogP contribution in [0.25, 0.3) is 0 Å². The van der Waals surface area contributed by atoms with Crippen LogP contribution in [0.1, 0.15) is 19.8 Å². The van der Waals surface area contributed by atoms with Gasteiger partial charge in [-0.1, -0.05) is 0 Å². The maximum absolute atomic E-state index is 10.9. The molecule has 1 atom stereocenters.